The first-order chi connectivity index (χ1) is 16.1. The maximum absolute atomic E-state index is 12.5. The molecular weight excluding hydrogens is 452 g/mol. The van der Waals surface area contributed by atoms with Crippen LogP contribution < -0.4 is 5.32 Å². The first kappa shape index (κ1) is 23.6. The SMILES string of the molecule is CC1=CC(CSc2nnc(CCC(=O)NCC3C=CC=CC3)n2-c2cccc(Cl)c2)CC=C1. The van der Waals surface area contributed by atoms with Gasteiger partial charge in [0.15, 0.2) is 5.16 Å². The smallest absolute Gasteiger partial charge is 0.220 e. The minimum atomic E-state index is 0.0300. The summed E-state index contributed by atoms with van der Waals surface area (Å²) in [7, 11) is 0. The summed E-state index contributed by atoms with van der Waals surface area (Å²) in [5.74, 6) is 2.56. The maximum Gasteiger partial charge on any atom is 0.220 e. The van der Waals surface area contributed by atoms with Gasteiger partial charge in [0.2, 0.25) is 5.91 Å². The molecule has 7 heteroatoms. The lowest BCUT2D eigenvalue weighted by Gasteiger charge is -2.16. The third-order valence-corrected chi connectivity index (χ3v) is 7.07. The van der Waals surface area contributed by atoms with Crippen molar-refractivity contribution in [1.82, 2.24) is 20.1 Å². The summed E-state index contributed by atoms with van der Waals surface area (Å²) in [5.41, 5.74) is 2.22. The minimum absolute atomic E-state index is 0.0300. The first-order valence-corrected chi connectivity index (χ1v) is 12.7. The topological polar surface area (TPSA) is 59.8 Å². The number of amides is 1. The van der Waals surface area contributed by atoms with Crippen LogP contribution in [0.4, 0.5) is 0 Å². The standard InChI is InChI=1S/C26H29ClN4OS/c1-19-7-5-10-21(15-19)18-33-26-30-29-24(31(26)23-12-6-11-22(27)16-23)13-14-25(32)28-17-20-8-3-2-4-9-20/h2-8,11-12,15-16,20-21H,9-10,13-14,17-18H2,1H3,(H,28,32). The van der Waals surface area contributed by atoms with Gasteiger partial charge in [-0.3, -0.25) is 9.36 Å². The molecule has 0 bridgehead atoms. The van der Waals surface area contributed by atoms with Gasteiger partial charge >= 0.3 is 0 Å². The number of nitrogens with zero attached hydrogens (tertiary/aromatic N) is 3. The van der Waals surface area contributed by atoms with Crippen LogP contribution in [0, 0.1) is 11.8 Å². The van der Waals surface area contributed by atoms with Crippen LogP contribution in [0.2, 0.25) is 5.02 Å². The van der Waals surface area contributed by atoms with Crippen LogP contribution in [-0.4, -0.2) is 33.0 Å². The van der Waals surface area contributed by atoms with E-state index in [1.807, 2.05) is 41.0 Å². The Kier molecular flexibility index (Phi) is 8.24. The van der Waals surface area contributed by atoms with Crippen molar-refractivity contribution >= 4 is 29.3 Å². The number of aryl methyl sites for hydroxylation is 1. The van der Waals surface area contributed by atoms with Crippen molar-refractivity contribution in [3.05, 3.63) is 83.2 Å². The molecule has 0 spiro atoms. The highest BCUT2D eigenvalue weighted by Crippen LogP contribution is 2.28. The predicted octanol–water partition coefficient (Wildman–Crippen LogP) is 5.72. The molecule has 1 heterocycles. The molecule has 33 heavy (non-hydrogen) atoms. The Morgan fingerprint density at radius 2 is 2.09 bits per heavy atom. The van der Waals surface area contributed by atoms with Crippen LogP contribution in [0.5, 0.6) is 0 Å². The van der Waals surface area contributed by atoms with Gasteiger partial charge in [0.1, 0.15) is 5.82 Å². The van der Waals surface area contributed by atoms with Crippen molar-refractivity contribution in [2.24, 2.45) is 11.8 Å². The van der Waals surface area contributed by atoms with E-state index in [1.54, 1.807) is 11.8 Å². The molecule has 0 radical (unpaired) electrons. The van der Waals surface area contributed by atoms with E-state index in [0.717, 1.165) is 35.3 Å². The average molecular weight is 481 g/mol. The van der Waals surface area contributed by atoms with Crippen molar-refractivity contribution in [2.75, 3.05) is 12.3 Å². The minimum Gasteiger partial charge on any atom is -0.355 e. The van der Waals surface area contributed by atoms with Crippen LogP contribution in [0.25, 0.3) is 5.69 Å². The van der Waals surface area contributed by atoms with E-state index in [2.05, 4.69) is 52.8 Å². The lowest BCUT2D eigenvalue weighted by molar-refractivity contribution is -0.121. The number of rotatable bonds is 9. The Bertz CT molecular complexity index is 1100. The van der Waals surface area contributed by atoms with Gasteiger partial charge in [0.25, 0.3) is 0 Å². The lowest BCUT2D eigenvalue weighted by atomic mass is 9.99. The Hall–Kier alpha value is -2.57. The molecule has 0 saturated carbocycles. The number of thioether (sulfide) groups is 1. The van der Waals surface area contributed by atoms with E-state index in [-0.39, 0.29) is 5.91 Å². The fourth-order valence-corrected chi connectivity index (χ4v) is 5.21. The molecule has 5 nitrogen and oxygen atoms in total. The molecule has 2 aliphatic rings. The Morgan fingerprint density at radius 3 is 2.88 bits per heavy atom. The Morgan fingerprint density at radius 1 is 1.21 bits per heavy atom. The zero-order chi connectivity index (χ0) is 23.0. The molecule has 1 aromatic carbocycles. The highest BCUT2D eigenvalue weighted by molar-refractivity contribution is 7.99. The van der Waals surface area contributed by atoms with E-state index in [0.29, 0.717) is 36.2 Å². The number of hydrogen-bond donors (Lipinski definition) is 1. The number of carbonyl (C=O) groups excluding carboxylic acids is 1. The summed E-state index contributed by atoms with van der Waals surface area (Å²) < 4.78 is 2.04. The van der Waals surface area contributed by atoms with Crippen LogP contribution in [0.1, 0.15) is 32.0 Å². The fraction of sp³-hybridized carbons (Fsp3) is 0.346. The quantitative estimate of drug-likeness (QED) is 0.466. The van der Waals surface area contributed by atoms with Gasteiger partial charge in [-0.1, -0.05) is 77.5 Å². The molecule has 2 atom stereocenters. The van der Waals surface area contributed by atoms with E-state index in [9.17, 15) is 4.79 Å². The third-order valence-electron chi connectivity index (χ3n) is 5.72. The van der Waals surface area contributed by atoms with Gasteiger partial charge in [-0.05, 0) is 49.8 Å². The molecule has 2 aliphatic carbocycles. The summed E-state index contributed by atoms with van der Waals surface area (Å²) >= 11 is 7.97. The van der Waals surface area contributed by atoms with Crippen molar-refractivity contribution in [2.45, 2.75) is 37.8 Å². The van der Waals surface area contributed by atoms with Gasteiger partial charge in [-0.25, -0.2) is 0 Å². The number of benzene rings is 1. The zero-order valence-electron chi connectivity index (χ0n) is 18.8. The number of hydrogen-bond acceptors (Lipinski definition) is 4. The molecule has 2 unspecified atom stereocenters. The number of halogens is 1. The molecular formula is C26H29ClN4OS. The summed E-state index contributed by atoms with van der Waals surface area (Å²) in [6.07, 6.45) is 17.9. The van der Waals surface area contributed by atoms with Gasteiger partial charge in [-0.2, -0.15) is 0 Å². The third kappa shape index (κ3) is 6.71. The van der Waals surface area contributed by atoms with Gasteiger partial charge in [0, 0.05) is 30.2 Å². The van der Waals surface area contributed by atoms with E-state index in [4.69, 9.17) is 11.6 Å². The molecule has 0 fully saturated rings. The van der Waals surface area contributed by atoms with Gasteiger partial charge in [-0.15, -0.1) is 10.2 Å². The molecule has 1 N–H and O–H groups in total. The molecule has 1 amide bonds. The van der Waals surface area contributed by atoms with Gasteiger partial charge in [0.05, 0.1) is 5.69 Å². The monoisotopic (exact) mass is 480 g/mol. The second-order valence-electron chi connectivity index (χ2n) is 8.45. The van der Waals surface area contributed by atoms with E-state index in [1.165, 1.54) is 5.57 Å². The van der Waals surface area contributed by atoms with Crippen LogP contribution in [0.15, 0.2) is 77.5 Å². The summed E-state index contributed by atoms with van der Waals surface area (Å²) in [6.45, 7) is 2.79. The van der Waals surface area contributed by atoms with Crippen molar-refractivity contribution in [1.29, 1.82) is 0 Å². The number of carbonyl (C=O) groups is 1. The van der Waals surface area contributed by atoms with Crippen LogP contribution in [0.3, 0.4) is 0 Å². The average Bonchev–Trinajstić information content (AvgIpc) is 3.23. The normalized spacial score (nSPS) is 19.5. The Balaban J connectivity index is 1.43. The van der Waals surface area contributed by atoms with E-state index < -0.39 is 0 Å². The second-order valence-corrected chi connectivity index (χ2v) is 9.87. The fourth-order valence-electron chi connectivity index (χ4n) is 3.99. The molecule has 2 aromatic rings. The Labute approximate surface area is 204 Å². The van der Waals surface area contributed by atoms with Crippen molar-refractivity contribution in [3.8, 4) is 5.69 Å². The van der Waals surface area contributed by atoms with Crippen LogP contribution in [-0.2, 0) is 11.2 Å². The van der Waals surface area contributed by atoms with E-state index >= 15 is 0 Å². The summed E-state index contributed by atoms with van der Waals surface area (Å²) in [5, 5.41) is 13.4. The zero-order valence-corrected chi connectivity index (χ0v) is 20.4. The van der Waals surface area contributed by atoms with Crippen molar-refractivity contribution < 1.29 is 4.79 Å². The molecule has 4 rings (SSSR count). The van der Waals surface area contributed by atoms with Gasteiger partial charge < -0.3 is 5.32 Å². The number of allylic oxidation sites excluding steroid dienone is 7. The number of aromatic nitrogens is 3. The molecule has 172 valence electrons. The highest BCUT2D eigenvalue weighted by Gasteiger charge is 2.18. The highest BCUT2D eigenvalue weighted by atomic mass is 35.5. The summed E-state index contributed by atoms with van der Waals surface area (Å²) in [4.78, 5) is 12.5. The predicted molar refractivity (Wildman–Crippen MR) is 136 cm³/mol. The second kappa shape index (κ2) is 11.5. The molecule has 0 aliphatic heterocycles. The molecule has 0 saturated heterocycles. The largest absolute Gasteiger partial charge is 0.355 e. The van der Waals surface area contributed by atoms with Crippen LogP contribution >= 0.6 is 23.4 Å². The maximum atomic E-state index is 12.5. The lowest BCUT2D eigenvalue weighted by Crippen LogP contribution is -2.29. The number of nitrogens with one attached hydrogen (secondary N) is 1. The molecule has 1 aromatic heterocycles. The summed E-state index contributed by atoms with van der Waals surface area (Å²) in [6, 6.07) is 7.69. The first-order valence-electron chi connectivity index (χ1n) is 11.4. The van der Waals surface area contributed by atoms with Crippen molar-refractivity contribution in [3.63, 3.8) is 0 Å².